The second-order valence-corrected chi connectivity index (χ2v) is 6.66. The normalized spacial score (nSPS) is 20.0. The van der Waals surface area contributed by atoms with Crippen LogP contribution in [0, 0.1) is 5.92 Å². The van der Waals surface area contributed by atoms with Crippen LogP contribution in [0.1, 0.15) is 33.6 Å². The zero-order valence-electron chi connectivity index (χ0n) is 14.4. The maximum Gasteiger partial charge on any atom is 0.0628 e. The molecule has 0 aromatic heterocycles. The number of ether oxygens (including phenoxy) is 2. The van der Waals surface area contributed by atoms with Crippen molar-refractivity contribution in [1.29, 1.82) is 0 Å². The average molecular weight is 302 g/mol. The van der Waals surface area contributed by atoms with Gasteiger partial charge in [0, 0.05) is 39.4 Å². The van der Waals surface area contributed by atoms with E-state index >= 15 is 0 Å². The summed E-state index contributed by atoms with van der Waals surface area (Å²) in [7, 11) is 3.46. The molecule has 0 spiro atoms. The Morgan fingerprint density at radius 3 is 2.33 bits per heavy atom. The lowest BCUT2D eigenvalue weighted by Crippen LogP contribution is -2.61. The maximum atomic E-state index is 10.1. The Bertz CT molecular complexity index is 285. The highest BCUT2D eigenvalue weighted by Gasteiger charge is 2.46. The molecule has 21 heavy (non-hydrogen) atoms. The van der Waals surface area contributed by atoms with Crippen molar-refractivity contribution in [2.75, 3.05) is 47.1 Å². The fourth-order valence-electron chi connectivity index (χ4n) is 3.10. The summed E-state index contributed by atoms with van der Waals surface area (Å²) in [5.74, 6) is 0.574. The summed E-state index contributed by atoms with van der Waals surface area (Å²) in [4.78, 5) is 2.37. The number of nitrogens with zero attached hydrogens (tertiary/aromatic N) is 1. The van der Waals surface area contributed by atoms with Gasteiger partial charge in [0.25, 0.3) is 0 Å². The smallest absolute Gasteiger partial charge is 0.0628 e. The van der Waals surface area contributed by atoms with E-state index in [4.69, 9.17) is 9.47 Å². The zero-order valence-corrected chi connectivity index (χ0v) is 14.4. The van der Waals surface area contributed by atoms with Gasteiger partial charge in [-0.05, 0) is 25.7 Å². The third kappa shape index (κ3) is 5.83. The first-order valence-corrected chi connectivity index (χ1v) is 8.09. The zero-order chi connectivity index (χ0) is 15.9. The van der Waals surface area contributed by atoms with E-state index in [1.165, 1.54) is 12.8 Å². The Labute approximate surface area is 130 Å². The molecule has 1 saturated carbocycles. The molecule has 2 atom stereocenters. The summed E-state index contributed by atoms with van der Waals surface area (Å²) < 4.78 is 10.5. The molecule has 0 aliphatic heterocycles. The minimum atomic E-state index is -0.204. The molecule has 5 heteroatoms. The maximum absolute atomic E-state index is 10.1. The van der Waals surface area contributed by atoms with Crippen LogP contribution >= 0.6 is 0 Å². The van der Waals surface area contributed by atoms with Gasteiger partial charge in [-0.1, -0.05) is 13.8 Å². The molecule has 126 valence electrons. The van der Waals surface area contributed by atoms with Crippen molar-refractivity contribution >= 4 is 0 Å². The largest absolute Gasteiger partial charge is 0.394 e. The van der Waals surface area contributed by atoms with Gasteiger partial charge in [0.2, 0.25) is 0 Å². The highest BCUT2D eigenvalue weighted by Crippen LogP contribution is 2.40. The van der Waals surface area contributed by atoms with E-state index < -0.39 is 0 Å². The van der Waals surface area contributed by atoms with Crippen LogP contribution in [0.4, 0.5) is 0 Å². The number of rotatable bonds is 12. The molecule has 2 unspecified atom stereocenters. The van der Waals surface area contributed by atoms with E-state index in [0.29, 0.717) is 31.2 Å². The van der Waals surface area contributed by atoms with Gasteiger partial charge in [-0.3, -0.25) is 4.90 Å². The number of hydrogen-bond donors (Lipinski definition) is 2. The van der Waals surface area contributed by atoms with Gasteiger partial charge in [-0.15, -0.1) is 0 Å². The van der Waals surface area contributed by atoms with E-state index in [1.807, 2.05) is 0 Å². The van der Waals surface area contributed by atoms with Crippen LogP contribution < -0.4 is 5.32 Å². The van der Waals surface area contributed by atoms with Crippen LogP contribution in [-0.2, 0) is 9.47 Å². The van der Waals surface area contributed by atoms with Gasteiger partial charge in [-0.2, -0.15) is 0 Å². The molecule has 0 saturated heterocycles. The molecule has 2 N–H and O–H groups in total. The molecule has 0 amide bonds. The number of aliphatic hydroxyl groups is 1. The van der Waals surface area contributed by atoms with Gasteiger partial charge < -0.3 is 19.9 Å². The van der Waals surface area contributed by atoms with E-state index in [9.17, 15) is 5.11 Å². The minimum Gasteiger partial charge on any atom is -0.394 e. The van der Waals surface area contributed by atoms with Crippen LogP contribution in [0.5, 0.6) is 0 Å². The quantitative estimate of drug-likeness (QED) is 0.565. The first-order chi connectivity index (χ1) is 9.99. The van der Waals surface area contributed by atoms with Gasteiger partial charge in [-0.25, -0.2) is 0 Å². The minimum absolute atomic E-state index is 0.180. The molecule has 0 radical (unpaired) electrons. The monoisotopic (exact) mass is 302 g/mol. The SMILES string of the molecule is COCCN(CC(CO)(NC(C)C)C1CC1)C(C)COC. The molecule has 5 nitrogen and oxygen atoms in total. The van der Waals surface area contributed by atoms with Crippen LogP contribution in [0.2, 0.25) is 0 Å². The van der Waals surface area contributed by atoms with Crippen molar-refractivity contribution in [1.82, 2.24) is 10.2 Å². The highest BCUT2D eigenvalue weighted by atomic mass is 16.5. The van der Waals surface area contributed by atoms with Crippen LogP contribution in [-0.4, -0.2) is 74.8 Å². The lowest BCUT2D eigenvalue weighted by atomic mass is 9.91. The molecule has 0 aromatic carbocycles. The molecule has 0 aromatic rings. The Morgan fingerprint density at radius 2 is 1.90 bits per heavy atom. The van der Waals surface area contributed by atoms with Gasteiger partial charge in [0.05, 0.1) is 25.4 Å². The summed E-state index contributed by atoms with van der Waals surface area (Å²) in [6, 6.07) is 0.670. The predicted octanol–water partition coefficient (Wildman–Crippen LogP) is 1.11. The fraction of sp³-hybridized carbons (Fsp3) is 1.00. The van der Waals surface area contributed by atoms with Crippen molar-refractivity contribution in [3.63, 3.8) is 0 Å². The first kappa shape index (κ1) is 18.8. The Kier molecular flexibility index (Phi) is 8.13. The van der Waals surface area contributed by atoms with E-state index in [1.54, 1.807) is 14.2 Å². The Hall–Kier alpha value is -0.200. The van der Waals surface area contributed by atoms with E-state index in [2.05, 4.69) is 31.0 Å². The lowest BCUT2D eigenvalue weighted by molar-refractivity contribution is 0.0280. The standard InChI is InChI=1S/C16H34N2O3/c1-13(2)17-16(12-19,15-6-7-15)11-18(8-9-20-4)14(3)10-21-5/h13-15,17,19H,6-12H2,1-5H3. The second-order valence-electron chi connectivity index (χ2n) is 6.66. The summed E-state index contributed by atoms with van der Waals surface area (Å²) in [6.45, 7) is 9.72. The summed E-state index contributed by atoms with van der Waals surface area (Å²) in [6.07, 6.45) is 2.41. The van der Waals surface area contributed by atoms with Gasteiger partial charge in [0.1, 0.15) is 0 Å². The molecular weight excluding hydrogens is 268 g/mol. The van der Waals surface area contributed by atoms with E-state index in [0.717, 1.165) is 13.1 Å². The molecule has 1 aliphatic rings. The van der Waals surface area contributed by atoms with Gasteiger partial charge in [0.15, 0.2) is 0 Å². The number of methoxy groups -OCH3 is 2. The average Bonchev–Trinajstić information content (AvgIpc) is 3.26. The van der Waals surface area contributed by atoms with Gasteiger partial charge >= 0.3 is 0 Å². The molecule has 1 fully saturated rings. The highest BCUT2D eigenvalue weighted by molar-refractivity contribution is 5.04. The topological polar surface area (TPSA) is 54.0 Å². The number of nitrogens with one attached hydrogen (secondary N) is 1. The first-order valence-electron chi connectivity index (χ1n) is 8.09. The summed E-state index contributed by atoms with van der Waals surface area (Å²) >= 11 is 0. The van der Waals surface area contributed by atoms with Crippen LogP contribution in [0.15, 0.2) is 0 Å². The molecule has 1 aliphatic carbocycles. The molecule has 0 heterocycles. The van der Waals surface area contributed by atoms with Crippen molar-refractivity contribution in [2.24, 2.45) is 5.92 Å². The van der Waals surface area contributed by atoms with E-state index in [-0.39, 0.29) is 12.1 Å². The molecule has 0 bridgehead atoms. The van der Waals surface area contributed by atoms with Crippen molar-refractivity contribution in [3.8, 4) is 0 Å². The molecular formula is C16H34N2O3. The Morgan fingerprint density at radius 1 is 1.24 bits per heavy atom. The summed E-state index contributed by atoms with van der Waals surface area (Å²) in [5, 5.41) is 13.7. The van der Waals surface area contributed by atoms with Crippen molar-refractivity contribution in [3.05, 3.63) is 0 Å². The van der Waals surface area contributed by atoms with Crippen LogP contribution in [0.3, 0.4) is 0 Å². The fourth-order valence-corrected chi connectivity index (χ4v) is 3.10. The van der Waals surface area contributed by atoms with Crippen molar-refractivity contribution < 1.29 is 14.6 Å². The van der Waals surface area contributed by atoms with Crippen molar-refractivity contribution in [2.45, 2.75) is 51.2 Å². The third-order valence-corrected chi connectivity index (χ3v) is 4.32. The number of aliphatic hydroxyl groups excluding tert-OH is 1. The second kappa shape index (κ2) is 9.06. The lowest BCUT2D eigenvalue weighted by Gasteiger charge is -2.42. The number of hydrogen-bond acceptors (Lipinski definition) is 5. The third-order valence-electron chi connectivity index (χ3n) is 4.32. The summed E-state index contributed by atoms with van der Waals surface area (Å²) in [5.41, 5.74) is -0.204. The Balaban J connectivity index is 2.78. The molecule has 1 rings (SSSR count). The predicted molar refractivity (Wildman–Crippen MR) is 85.6 cm³/mol. The van der Waals surface area contributed by atoms with Crippen LogP contribution in [0.25, 0.3) is 0 Å².